The molecule has 0 spiro atoms. The van der Waals surface area contributed by atoms with Gasteiger partial charge >= 0.3 is 11.9 Å². The van der Waals surface area contributed by atoms with Crippen molar-refractivity contribution in [3.05, 3.63) is 39.3 Å². The molecular weight excluding hydrogens is 381 g/mol. The van der Waals surface area contributed by atoms with E-state index in [1.165, 1.54) is 4.57 Å². The van der Waals surface area contributed by atoms with Crippen LogP contribution in [-0.2, 0) is 11.0 Å². The van der Waals surface area contributed by atoms with Crippen molar-refractivity contribution in [2.75, 3.05) is 11.1 Å². The summed E-state index contributed by atoms with van der Waals surface area (Å²) in [7, 11) is 0. The van der Waals surface area contributed by atoms with Crippen LogP contribution in [0.4, 0.5) is 18.9 Å². The SMILES string of the molecule is O=C(CSc1n[nH]c(=O)n1C1CC1)Nc1cc(C(F)(F)F)ccc1Cl. The smallest absolute Gasteiger partial charge is 0.324 e. The zero-order chi connectivity index (χ0) is 18.2. The van der Waals surface area contributed by atoms with Gasteiger partial charge in [-0.1, -0.05) is 23.4 Å². The van der Waals surface area contributed by atoms with Gasteiger partial charge in [0.25, 0.3) is 0 Å². The van der Waals surface area contributed by atoms with Crippen molar-refractivity contribution in [3.8, 4) is 0 Å². The molecular formula is C14H12ClF3N4O2S. The molecule has 0 saturated heterocycles. The molecule has 0 atom stereocenters. The number of hydrogen-bond acceptors (Lipinski definition) is 4. The Bertz CT molecular complexity index is 860. The molecule has 1 saturated carbocycles. The first-order chi connectivity index (χ1) is 11.8. The van der Waals surface area contributed by atoms with E-state index in [1.54, 1.807) is 0 Å². The minimum Gasteiger partial charge on any atom is -0.324 e. The van der Waals surface area contributed by atoms with Crippen molar-refractivity contribution in [1.29, 1.82) is 0 Å². The molecule has 1 aromatic heterocycles. The molecule has 0 radical (unpaired) electrons. The van der Waals surface area contributed by atoms with E-state index in [0.717, 1.165) is 42.8 Å². The van der Waals surface area contributed by atoms with Gasteiger partial charge in [-0.15, -0.1) is 5.10 Å². The molecule has 25 heavy (non-hydrogen) atoms. The van der Waals surface area contributed by atoms with E-state index < -0.39 is 17.6 Å². The number of benzene rings is 1. The highest BCUT2D eigenvalue weighted by atomic mass is 35.5. The number of halogens is 4. The van der Waals surface area contributed by atoms with Gasteiger partial charge in [-0.3, -0.25) is 9.36 Å². The van der Waals surface area contributed by atoms with Crippen molar-refractivity contribution < 1.29 is 18.0 Å². The van der Waals surface area contributed by atoms with Crippen LogP contribution >= 0.6 is 23.4 Å². The normalized spacial score (nSPS) is 14.6. The van der Waals surface area contributed by atoms with Crippen LogP contribution in [0, 0.1) is 0 Å². The second kappa shape index (κ2) is 6.75. The van der Waals surface area contributed by atoms with Crippen LogP contribution in [0.15, 0.2) is 28.2 Å². The third-order valence-electron chi connectivity index (χ3n) is 3.48. The summed E-state index contributed by atoms with van der Waals surface area (Å²) in [6.45, 7) is 0. The number of hydrogen-bond donors (Lipinski definition) is 2. The molecule has 3 rings (SSSR count). The molecule has 0 unspecified atom stereocenters. The molecule has 1 amide bonds. The largest absolute Gasteiger partial charge is 0.416 e. The topological polar surface area (TPSA) is 79.8 Å². The summed E-state index contributed by atoms with van der Waals surface area (Å²) in [4.78, 5) is 23.6. The molecule has 134 valence electrons. The van der Waals surface area contributed by atoms with Crippen molar-refractivity contribution in [2.24, 2.45) is 0 Å². The summed E-state index contributed by atoms with van der Waals surface area (Å²) in [5.74, 6) is -0.673. The van der Waals surface area contributed by atoms with Crippen LogP contribution in [0.5, 0.6) is 0 Å². The fourth-order valence-corrected chi connectivity index (χ4v) is 3.14. The number of anilines is 1. The first-order valence-corrected chi connectivity index (χ1v) is 8.58. The quantitative estimate of drug-likeness (QED) is 0.765. The Balaban J connectivity index is 1.66. The van der Waals surface area contributed by atoms with Gasteiger partial charge in [-0.2, -0.15) is 13.2 Å². The lowest BCUT2D eigenvalue weighted by Crippen LogP contribution is -2.18. The zero-order valence-corrected chi connectivity index (χ0v) is 14.1. The summed E-state index contributed by atoms with van der Waals surface area (Å²) >= 11 is 6.86. The Morgan fingerprint density at radius 1 is 1.44 bits per heavy atom. The Kier molecular flexibility index (Phi) is 4.83. The number of carbonyl (C=O) groups is 1. The Hall–Kier alpha value is -1.94. The third kappa shape index (κ3) is 4.18. The van der Waals surface area contributed by atoms with E-state index in [2.05, 4.69) is 15.5 Å². The molecule has 2 N–H and O–H groups in total. The number of thioether (sulfide) groups is 1. The van der Waals surface area contributed by atoms with Crippen LogP contribution in [0.2, 0.25) is 5.02 Å². The van der Waals surface area contributed by atoms with Gasteiger partial charge in [-0.25, -0.2) is 9.89 Å². The fraction of sp³-hybridized carbons (Fsp3) is 0.357. The Morgan fingerprint density at radius 2 is 2.16 bits per heavy atom. The second-order valence-corrected chi connectivity index (χ2v) is 6.79. The fourth-order valence-electron chi connectivity index (χ4n) is 2.16. The van der Waals surface area contributed by atoms with Gasteiger partial charge in [0, 0.05) is 6.04 Å². The predicted molar refractivity (Wildman–Crippen MR) is 86.9 cm³/mol. The first-order valence-electron chi connectivity index (χ1n) is 7.22. The second-order valence-electron chi connectivity index (χ2n) is 5.44. The molecule has 2 aromatic rings. The van der Waals surface area contributed by atoms with Gasteiger partial charge in [0.1, 0.15) is 0 Å². The molecule has 0 bridgehead atoms. The first kappa shape index (κ1) is 17.9. The van der Waals surface area contributed by atoms with E-state index in [-0.39, 0.29) is 28.2 Å². The van der Waals surface area contributed by atoms with Crippen LogP contribution in [0.3, 0.4) is 0 Å². The summed E-state index contributed by atoms with van der Waals surface area (Å²) in [6.07, 6.45) is -2.79. The molecule has 1 aliphatic carbocycles. The number of H-pyrrole nitrogens is 1. The number of aromatic amines is 1. The maximum Gasteiger partial charge on any atom is 0.416 e. The van der Waals surface area contributed by atoms with Crippen molar-refractivity contribution in [1.82, 2.24) is 14.8 Å². The molecule has 1 aliphatic rings. The molecule has 6 nitrogen and oxygen atoms in total. The average Bonchev–Trinajstić information content (AvgIpc) is 3.29. The zero-order valence-electron chi connectivity index (χ0n) is 12.6. The number of aromatic nitrogens is 3. The number of nitrogens with zero attached hydrogens (tertiary/aromatic N) is 2. The third-order valence-corrected chi connectivity index (χ3v) is 4.77. The van der Waals surface area contributed by atoms with Crippen LogP contribution in [0.25, 0.3) is 0 Å². The summed E-state index contributed by atoms with van der Waals surface area (Å²) in [5, 5.41) is 8.90. The van der Waals surface area contributed by atoms with Gasteiger partial charge < -0.3 is 5.32 Å². The van der Waals surface area contributed by atoms with E-state index in [9.17, 15) is 22.8 Å². The number of alkyl halides is 3. The summed E-state index contributed by atoms with van der Waals surface area (Å²) < 4.78 is 39.7. The van der Waals surface area contributed by atoms with Gasteiger partial charge in [0.2, 0.25) is 5.91 Å². The van der Waals surface area contributed by atoms with E-state index in [0.29, 0.717) is 5.16 Å². The summed E-state index contributed by atoms with van der Waals surface area (Å²) in [5.41, 5.74) is -1.37. The van der Waals surface area contributed by atoms with Gasteiger partial charge in [0.05, 0.1) is 22.0 Å². The van der Waals surface area contributed by atoms with E-state index in [4.69, 9.17) is 11.6 Å². The van der Waals surface area contributed by atoms with Gasteiger partial charge in [0.15, 0.2) is 5.16 Å². The number of amides is 1. The lowest BCUT2D eigenvalue weighted by molar-refractivity contribution is -0.137. The maximum absolute atomic E-state index is 12.7. The minimum atomic E-state index is -4.53. The average molecular weight is 393 g/mol. The number of nitrogens with one attached hydrogen (secondary N) is 2. The highest BCUT2D eigenvalue weighted by Gasteiger charge is 2.31. The Morgan fingerprint density at radius 3 is 2.80 bits per heavy atom. The monoisotopic (exact) mass is 392 g/mol. The van der Waals surface area contributed by atoms with Crippen LogP contribution < -0.4 is 11.0 Å². The molecule has 1 fully saturated rings. The van der Waals surface area contributed by atoms with Crippen LogP contribution in [-0.4, -0.2) is 26.4 Å². The molecule has 1 heterocycles. The van der Waals surface area contributed by atoms with Crippen molar-refractivity contribution in [2.45, 2.75) is 30.2 Å². The van der Waals surface area contributed by atoms with E-state index in [1.807, 2.05) is 0 Å². The number of carbonyl (C=O) groups excluding carboxylic acids is 1. The maximum atomic E-state index is 12.7. The van der Waals surface area contributed by atoms with Crippen LogP contribution in [0.1, 0.15) is 24.4 Å². The highest BCUT2D eigenvalue weighted by molar-refractivity contribution is 7.99. The van der Waals surface area contributed by atoms with E-state index >= 15 is 0 Å². The molecule has 11 heteroatoms. The lowest BCUT2D eigenvalue weighted by Gasteiger charge is -2.11. The van der Waals surface area contributed by atoms with Gasteiger partial charge in [-0.05, 0) is 31.0 Å². The standard InChI is InChI=1S/C14H12ClF3N4O2S/c15-9-4-1-7(14(16,17)18)5-10(9)19-11(23)6-25-13-21-20-12(24)22(13)8-2-3-8/h1,4-5,8H,2-3,6H2,(H,19,23)(H,20,24). The predicted octanol–water partition coefficient (Wildman–Crippen LogP) is 3.31. The number of rotatable bonds is 5. The van der Waals surface area contributed by atoms with Crippen molar-refractivity contribution in [3.63, 3.8) is 0 Å². The Labute approximate surface area is 148 Å². The molecule has 0 aliphatic heterocycles. The molecule has 1 aromatic carbocycles. The highest BCUT2D eigenvalue weighted by Crippen LogP contribution is 2.36. The van der Waals surface area contributed by atoms with Crippen molar-refractivity contribution >= 4 is 35.0 Å². The lowest BCUT2D eigenvalue weighted by atomic mass is 10.2. The summed E-state index contributed by atoms with van der Waals surface area (Å²) in [6, 6.07) is 2.78. The minimum absolute atomic E-state index is 0.000934.